The number of unbranched alkanes of at least 4 members (excludes halogenated alkanes) is 7. The molecule has 1 N–H and O–H groups in total. The monoisotopic (exact) mass is 383 g/mol. The van der Waals surface area contributed by atoms with Crippen LogP contribution in [0.3, 0.4) is 0 Å². The van der Waals surface area contributed by atoms with Crippen molar-refractivity contribution < 1.29 is 19.5 Å². The van der Waals surface area contributed by atoms with Crippen LogP contribution in [0.4, 0.5) is 0 Å². The van der Waals surface area contributed by atoms with Crippen LogP contribution in [0.2, 0.25) is 0 Å². The van der Waals surface area contributed by atoms with E-state index in [0.717, 1.165) is 49.8 Å². The lowest BCUT2D eigenvalue weighted by Crippen LogP contribution is -2.52. The molecule has 27 heavy (non-hydrogen) atoms. The molecule has 1 atom stereocenters. The average Bonchev–Trinajstić information content (AvgIpc) is 2.63. The highest BCUT2D eigenvalue weighted by atomic mass is 16.4. The van der Waals surface area contributed by atoms with Crippen molar-refractivity contribution in [1.29, 1.82) is 0 Å². The summed E-state index contributed by atoms with van der Waals surface area (Å²) in [5.41, 5.74) is 0. The van der Waals surface area contributed by atoms with Crippen LogP contribution in [0.15, 0.2) is 11.8 Å². The summed E-state index contributed by atoms with van der Waals surface area (Å²) in [6, 6.07) is 0. The van der Waals surface area contributed by atoms with Crippen molar-refractivity contribution in [3.63, 3.8) is 0 Å². The largest absolute Gasteiger partial charge is 0.550 e. The van der Waals surface area contributed by atoms with Gasteiger partial charge in [-0.05, 0) is 44.6 Å². The topological polar surface area (TPSA) is 60.4 Å². The lowest BCUT2D eigenvalue weighted by atomic mass is 10.0. The van der Waals surface area contributed by atoms with E-state index in [9.17, 15) is 15.0 Å². The van der Waals surface area contributed by atoms with Gasteiger partial charge < -0.3 is 19.5 Å². The van der Waals surface area contributed by atoms with Gasteiger partial charge in [-0.25, -0.2) is 0 Å². The van der Waals surface area contributed by atoms with Crippen molar-refractivity contribution in [3.05, 3.63) is 11.8 Å². The molecule has 160 valence electrons. The van der Waals surface area contributed by atoms with Gasteiger partial charge in [-0.3, -0.25) is 0 Å². The summed E-state index contributed by atoms with van der Waals surface area (Å²) in [7, 11) is 0. The number of quaternary nitrogens is 1. The lowest BCUT2D eigenvalue weighted by Gasteiger charge is -2.40. The van der Waals surface area contributed by atoms with E-state index in [1.165, 1.54) is 38.5 Å². The van der Waals surface area contributed by atoms with Crippen molar-refractivity contribution in [2.45, 2.75) is 98.3 Å². The van der Waals surface area contributed by atoms with Crippen molar-refractivity contribution in [3.8, 4) is 0 Å². The average molecular weight is 384 g/mol. The van der Waals surface area contributed by atoms with Crippen LogP contribution in [0, 0.1) is 5.92 Å². The first-order chi connectivity index (χ1) is 12.9. The maximum Gasteiger partial charge on any atom is 0.143 e. The Morgan fingerprint density at radius 3 is 1.93 bits per heavy atom. The number of hydrogen-bond donors (Lipinski definition) is 1. The molecule has 0 aromatic rings. The molecule has 0 aromatic carbocycles. The summed E-state index contributed by atoms with van der Waals surface area (Å²) < 4.78 is 0.813. The highest BCUT2D eigenvalue weighted by Crippen LogP contribution is 2.20. The molecule has 4 heteroatoms. The van der Waals surface area contributed by atoms with Crippen LogP contribution in [0.1, 0.15) is 98.3 Å². The molecule has 0 aliphatic rings. The van der Waals surface area contributed by atoms with Crippen molar-refractivity contribution in [1.82, 2.24) is 0 Å². The van der Waals surface area contributed by atoms with Crippen molar-refractivity contribution in [2.24, 2.45) is 5.92 Å². The molecule has 1 unspecified atom stereocenters. The maximum absolute atomic E-state index is 11.2. The Hall–Kier alpha value is -1.03. The predicted molar refractivity (Wildman–Crippen MR) is 112 cm³/mol. The molecular formula is C23H45NO3. The standard InChI is InChI=1S/C23H45NO3/c1-5-8-11-12-15-22(25)20-24(17-13-9-6-2,18-14-10-7-3)19-16-21(4)23(26)27/h15,21H,5-14,16-20H2,1-4H3,(H-,25,26,27)/b22-15-. The number of nitrogens with zero attached hydrogens (tertiary/aromatic N) is 1. The summed E-state index contributed by atoms with van der Waals surface area (Å²) in [6.45, 7) is 11.8. The maximum atomic E-state index is 11.2. The van der Waals surface area contributed by atoms with Gasteiger partial charge in [-0.15, -0.1) is 0 Å². The van der Waals surface area contributed by atoms with Gasteiger partial charge in [0.2, 0.25) is 0 Å². The zero-order valence-corrected chi connectivity index (χ0v) is 18.5. The molecule has 4 nitrogen and oxygen atoms in total. The third kappa shape index (κ3) is 12.9. The van der Waals surface area contributed by atoms with Gasteiger partial charge >= 0.3 is 0 Å². The smallest absolute Gasteiger partial charge is 0.143 e. The van der Waals surface area contributed by atoms with E-state index in [4.69, 9.17) is 0 Å². The van der Waals surface area contributed by atoms with Crippen LogP contribution in [-0.2, 0) is 4.79 Å². The SMILES string of the molecule is CCCCC/C=C(\O)C[N+](CCCCC)(CCCCC)CCC(C)C(=O)[O-]. The van der Waals surface area contributed by atoms with Crippen LogP contribution in [0.25, 0.3) is 0 Å². The van der Waals surface area contributed by atoms with Gasteiger partial charge in [0.15, 0.2) is 0 Å². The van der Waals surface area contributed by atoms with Crippen LogP contribution in [-0.4, -0.2) is 41.7 Å². The number of aliphatic hydroxyl groups is 1. The number of aliphatic carboxylic acids is 1. The van der Waals surface area contributed by atoms with Gasteiger partial charge in [-0.2, -0.15) is 0 Å². The second-order valence-corrected chi connectivity index (χ2v) is 8.28. The number of aliphatic hydroxyl groups excluding tert-OH is 1. The van der Waals surface area contributed by atoms with Crippen molar-refractivity contribution >= 4 is 5.97 Å². The molecule has 0 aromatic heterocycles. The van der Waals surface area contributed by atoms with E-state index >= 15 is 0 Å². The van der Waals surface area contributed by atoms with Crippen LogP contribution < -0.4 is 5.11 Å². The fourth-order valence-electron chi connectivity index (χ4n) is 3.62. The molecule has 0 amide bonds. The summed E-state index contributed by atoms with van der Waals surface area (Å²) in [4.78, 5) is 11.2. The zero-order valence-electron chi connectivity index (χ0n) is 18.5. The molecule has 0 spiro atoms. The minimum absolute atomic E-state index is 0.435. The third-order valence-corrected chi connectivity index (χ3v) is 5.60. The zero-order chi connectivity index (χ0) is 20.5. The molecule has 0 bridgehead atoms. The normalized spacial score (nSPS) is 13.7. The van der Waals surface area contributed by atoms with Gasteiger partial charge in [0.25, 0.3) is 0 Å². The molecule has 0 aliphatic carbocycles. The minimum atomic E-state index is -0.963. The van der Waals surface area contributed by atoms with Crippen LogP contribution >= 0.6 is 0 Å². The van der Waals surface area contributed by atoms with Crippen molar-refractivity contribution in [2.75, 3.05) is 26.2 Å². The molecule has 0 saturated carbocycles. The van der Waals surface area contributed by atoms with E-state index in [1.807, 2.05) is 6.08 Å². The molecular weight excluding hydrogens is 338 g/mol. The van der Waals surface area contributed by atoms with E-state index in [-0.39, 0.29) is 0 Å². The van der Waals surface area contributed by atoms with E-state index in [0.29, 0.717) is 18.7 Å². The Labute approximate surface area is 168 Å². The fourth-order valence-corrected chi connectivity index (χ4v) is 3.62. The summed E-state index contributed by atoms with van der Waals surface area (Å²) in [6.07, 6.45) is 14.0. The highest BCUT2D eigenvalue weighted by molar-refractivity contribution is 5.66. The first-order valence-corrected chi connectivity index (χ1v) is 11.3. The highest BCUT2D eigenvalue weighted by Gasteiger charge is 2.28. The van der Waals surface area contributed by atoms with Crippen LogP contribution in [0.5, 0.6) is 0 Å². The molecule has 0 rings (SSSR count). The Bertz CT molecular complexity index is 396. The summed E-state index contributed by atoms with van der Waals surface area (Å²) in [5, 5.41) is 21.8. The quantitative estimate of drug-likeness (QED) is 0.206. The fraction of sp³-hybridized carbons (Fsp3) is 0.870. The third-order valence-electron chi connectivity index (χ3n) is 5.60. The Morgan fingerprint density at radius 1 is 0.926 bits per heavy atom. The number of carbonyl (C=O) groups is 1. The Kier molecular flexibility index (Phi) is 15.4. The number of rotatable bonds is 18. The lowest BCUT2D eigenvalue weighted by molar-refractivity contribution is -0.926. The molecule has 0 fully saturated rings. The second-order valence-electron chi connectivity index (χ2n) is 8.28. The van der Waals surface area contributed by atoms with Gasteiger partial charge in [-0.1, -0.05) is 53.4 Å². The van der Waals surface area contributed by atoms with E-state index in [1.54, 1.807) is 6.92 Å². The Balaban J connectivity index is 5.16. The molecule has 0 aliphatic heterocycles. The molecule has 0 saturated heterocycles. The molecule has 0 radical (unpaired) electrons. The van der Waals surface area contributed by atoms with Gasteiger partial charge in [0.1, 0.15) is 12.3 Å². The minimum Gasteiger partial charge on any atom is -0.550 e. The molecule has 0 heterocycles. The van der Waals surface area contributed by atoms with Gasteiger partial charge in [0, 0.05) is 18.3 Å². The van der Waals surface area contributed by atoms with E-state index < -0.39 is 11.9 Å². The number of carboxylic acid groups (broad SMARTS) is 1. The van der Waals surface area contributed by atoms with Gasteiger partial charge in [0.05, 0.1) is 19.6 Å². The number of hydrogen-bond acceptors (Lipinski definition) is 3. The number of allylic oxidation sites excluding steroid dienone is 1. The first kappa shape index (κ1) is 26.0. The summed E-state index contributed by atoms with van der Waals surface area (Å²) >= 11 is 0. The predicted octanol–water partition coefficient (Wildman–Crippen LogP) is 4.98. The Morgan fingerprint density at radius 2 is 1.44 bits per heavy atom. The number of carboxylic acids is 1. The second kappa shape index (κ2) is 16.0. The van der Waals surface area contributed by atoms with E-state index in [2.05, 4.69) is 20.8 Å². The summed E-state index contributed by atoms with van der Waals surface area (Å²) in [5.74, 6) is -0.912. The number of carbonyl (C=O) groups excluding carboxylic acids is 1. The first-order valence-electron chi connectivity index (χ1n) is 11.3.